The van der Waals surface area contributed by atoms with Crippen LogP contribution in [-0.4, -0.2) is 21.4 Å². The van der Waals surface area contributed by atoms with Gasteiger partial charge in [-0.05, 0) is 36.6 Å². The molecule has 3 aromatic rings. The molecule has 1 aliphatic heterocycles. The third kappa shape index (κ3) is 2.49. The monoisotopic (exact) mass is 319 g/mol. The van der Waals surface area contributed by atoms with Crippen molar-refractivity contribution in [2.75, 3.05) is 11.4 Å². The van der Waals surface area contributed by atoms with Crippen molar-refractivity contribution in [3.8, 4) is 5.69 Å². The van der Waals surface area contributed by atoms with Crippen molar-refractivity contribution in [2.24, 2.45) is 0 Å². The van der Waals surface area contributed by atoms with E-state index < -0.39 is 0 Å². The van der Waals surface area contributed by atoms with Crippen LogP contribution in [0.3, 0.4) is 0 Å². The third-order valence-electron chi connectivity index (χ3n) is 4.75. The molecule has 2 heterocycles. The molecule has 0 spiro atoms. The highest BCUT2D eigenvalue weighted by atomic mass is 16.3. The minimum Gasteiger partial charge on any atom is -0.391 e. The number of aliphatic hydroxyl groups excluding tert-OH is 1. The zero-order chi connectivity index (χ0) is 16.5. The number of rotatable bonds is 3. The van der Waals surface area contributed by atoms with E-state index in [1.165, 1.54) is 11.1 Å². The molecule has 0 amide bonds. The van der Waals surface area contributed by atoms with Crippen LogP contribution in [0, 0.1) is 6.92 Å². The Morgan fingerprint density at radius 2 is 1.71 bits per heavy atom. The Morgan fingerprint density at radius 3 is 2.46 bits per heavy atom. The van der Waals surface area contributed by atoms with Crippen molar-refractivity contribution in [2.45, 2.75) is 26.5 Å². The third-order valence-corrected chi connectivity index (χ3v) is 4.75. The standard InChI is InChI=1S/C20H21N3O/c1-15-19(14-24)20(23(21-15)18-9-3-2-4-10-18)22-12-11-16-7-5-6-8-17(16)13-22/h2-10,24H,11-14H2,1H3. The average molecular weight is 319 g/mol. The van der Waals surface area contributed by atoms with Crippen LogP contribution in [-0.2, 0) is 19.6 Å². The summed E-state index contributed by atoms with van der Waals surface area (Å²) in [4.78, 5) is 2.33. The van der Waals surface area contributed by atoms with Crippen LogP contribution in [0.1, 0.15) is 22.4 Å². The molecule has 0 saturated carbocycles. The van der Waals surface area contributed by atoms with Crippen LogP contribution in [0.25, 0.3) is 5.69 Å². The number of aromatic nitrogens is 2. The molecule has 4 rings (SSSR count). The minimum absolute atomic E-state index is 0.00610. The zero-order valence-electron chi connectivity index (χ0n) is 13.8. The van der Waals surface area contributed by atoms with Crippen molar-refractivity contribution < 1.29 is 5.11 Å². The summed E-state index contributed by atoms with van der Waals surface area (Å²) < 4.78 is 1.97. The summed E-state index contributed by atoms with van der Waals surface area (Å²) in [6.45, 7) is 3.75. The van der Waals surface area contributed by atoms with Gasteiger partial charge < -0.3 is 10.0 Å². The molecule has 2 aromatic carbocycles. The number of aliphatic hydroxyl groups is 1. The Labute approximate surface area is 142 Å². The first kappa shape index (κ1) is 15.0. The second kappa shape index (κ2) is 6.13. The zero-order valence-corrected chi connectivity index (χ0v) is 13.8. The maximum atomic E-state index is 9.91. The molecule has 0 fully saturated rings. The second-order valence-corrected chi connectivity index (χ2v) is 6.23. The van der Waals surface area contributed by atoms with Gasteiger partial charge in [0, 0.05) is 18.7 Å². The lowest BCUT2D eigenvalue weighted by molar-refractivity contribution is 0.281. The molecule has 122 valence electrons. The number of benzene rings is 2. The Bertz CT molecular complexity index is 855. The van der Waals surface area contributed by atoms with Gasteiger partial charge in [0.2, 0.25) is 0 Å². The quantitative estimate of drug-likeness (QED) is 0.806. The Balaban J connectivity index is 1.80. The summed E-state index contributed by atoms with van der Waals surface area (Å²) in [5.74, 6) is 1.01. The van der Waals surface area contributed by atoms with Crippen molar-refractivity contribution >= 4 is 5.82 Å². The molecule has 1 N–H and O–H groups in total. The Hall–Kier alpha value is -2.59. The normalized spacial score (nSPS) is 13.8. The van der Waals surface area contributed by atoms with E-state index >= 15 is 0 Å². The van der Waals surface area contributed by atoms with Crippen molar-refractivity contribution in [3.05, 3.63) is 77.0 Å². The fourth-order valence-corrected chi connectivity index (χ4v) is 3.48. The topological polar surface area (TPSA) is 41.3 Å². The Kier molecular flexibility index (Phi) is 3.82. The predicted molar refractivity (Wildman–Crippen MR) is 95.4 cm³/mol. The molecule has 1 aliphatic rings. The lowest BCUT2D eigenvalue weighted by Crippen LogP contribution is -2.32. The van der Waals surface area contributed by atoms with Crippen LogP contribution in [0.15, 0.2) is 54.6 Å². The number of aryl methyl sites for hydroxylation is 1. The van der Waals surface area contributed by atoms with Gasteiger partial charge in [-0.3, -0.25) is 0 Å². The number of fused-ring (bicyclic) bond motifs is 1. The second-order valence-electron chi connectivity index (χ2n) is 6.23. The van der Waals surface area contributed by atoms with Crippen LogP contribution < -0.4 is 4.90 Å². The molecule has 0 atom stereocenters. The summed E-state index contributed by atoms with van der Waals surface area (Å²) in [5, 5.41) is 14.6. The van der Waals surface area contributed by atoms with E-state index in [9.17, 15) is 5.11 Å². The van der Waals surface area contributed by atoms with Crippen molar-refractivity contribution in [1.29, 1.82) is 0 Å². The molecule has 0 bridgehead atoms. The molecule has 4 nitrogen and oxygen atoms in total. The molecule has 1 aromatic heterocycles. The molecule has 24 heavy (non-hydrogen) atoms. The maximum absolute atomic E-state index is 9.91. The summed E-state index contributed by atoms with van der Waals surface area (Å²) in [7, 11) is 0. The van der Waals surface area contributed by atoms with Crippen LogP contribution in [0.5, 0.6) is 0 Å². The molecular formula is C20H21N3O. The summed E-state index contributed by atoms with van der Waals surface area (Å²) in [6.07, 6.45) is 1.01. The summed E-state index contributed by atoms with van der Waals surface area (Å²) >= 11 is 0. The SMILES string of the molecule is Cc1nn(-c2ccccc2)c(N2CCc3ccccc3C2)c1CO. The van der Waals surface area contributed by atoms with Gasteiger partial charge in [-0.15, -0.1) is 0 Å². The largest absolute Gasteiger partial charge is 0.391 e. The number of anilines is 1. The van der Waals surface area contributed by atoms with Gasteiger partial charge in [0.25, 0.3) is 0 Å². The summed E-state index contributed by atoms with van der Waals surface area (Å²) in [5.41, 5.74) is 5.59. The van der Waals surface area contributed by atoms with Crippen LogP contribution in [0.2, 0.25) is 0 Å². The fourth-order valence-electron chi connectivity index (χ4n) is 3.48. The smallest absolute Gasteiger partial charge is 0.138 e. The highest BCUT2D eigenvalue weighted by molar-refractivity contribution is 5.56. The lowest BCUT2D eigenvalue weighted by Gasteiger charge is -2.31. The van der Waals surface area contributed by atoms with Gasteiger partial charge in [-0.25, -0.2) is 4.68 Å². The first-order valence-corrected chi connectivity index (χ1v) is 8.34. The van der Waals surface area contributed by atoms with E-state index in [1.807, 2.05) is 29.8 Å². The molecular weight excluding hydrogens is 298 g/mol. The number of hydrogen-bond donors (Lipinski definition) is 1. The molecule has 0 aliphatic carbocycles. The minimum atomic E-state index is 0.00610. The van der Waals surface area contributed by atoms with E-state index in [4.69, 9.17) is 5.10 Å². The highest BCUT2D eigenvalue weighted by Crippen LogP contribution is 2.31. The number of para-hydroxylation sites is 1. The van der Waals surface area contributed by atoms with Gasteiger partial charge in [0.1, 0.15) is 5.82 Å². The van der Waals surface area contributed by atoms with E-state index in [-0.39, 0.29) is 6.61 Å². The highest BCUT2D eigenvalue weighted by Gasteiger charge is 2.24. The van der Waals surface area contributed by atoms with E-state index in [2.05, 4.69) is 41.3 Å². The number of hydrogen-bond acceptors (Lipinski definition) is 3. The van der Waals surface area contributed by atoms with Gasteiger partial charge >= 0.3 is 0 Å². The van der Waals surface area contributed by atoms with Gasteiger partial charge in [-0.1, -0.05) is 42.5 Å². The van der Waals surface area contributed by atoms with Gasteiger partial charge in [0.15, 0.2) is 0 Å². The van der Waals surface area contributed by atoms with Crippen molar-refractivity contribution in [1.82, 2.24) is 9.78 Å². The fraction of sp³-hybridized carbons (Fsp3) is 0.250. The first-order chi connectivity index (χ1) is 11.8. The van der Waals surface area contributed by atoms with Gasteiger partial charge in [0.05, 0.1) is 18.0 Å². The molecule has 0 radical (unpaired) electrons. The maximum Gasteiger partial charge on any atom is 0.138 e. The van der Waals surface area contributed by atoms with E-state index in [1.54, 1.807) is 0 Å². The molecule has 0 unspecified atom stereocenters. The van der Waals surface area contributed by atoms with Gasteiger partial charge in [-0.2, -0.15) is 5.10 Å². The summed E-state index contributed by atoms with van der Waals surface area (Å²) in [6, 6.07) is 18.7. The van der Waals surface area contributed by atoms with Crippen LogP contribution in [0.4, 0.5) is 5.82 Å². The Morgan fingerprint density at radius 1 is 1.00 bits per heavy atom. The average Bonchev–Trinajstić information content (AvgIpc) is 2.98. The first-order valence-electron chi connectivity index (χ1n) is 8.34. The predicted octanol–water partition coefficient (Wildman–Crippen LogP) is 3.24. The number of nitrogens with zero attached hydrogens (tertiary/aromatic N) is 3. The molecule has 0 saturated heterocycles. The van der Waals surface area contributed by atoms with Crippen LogP contribution >= 0.6 is 0 Å². The van der Waals surface area contributed by atoms with E-state index in [0.717, 1.165) is 42.3 Å². The molecule has 4 heteroatoms. The lowest BCUT2D eigenvalue weighted by atomic mass is 9.99. The van der Waals surface area contributed by atoms with E-state index in [0.29, 0.717) is 0 Å². The van der Waals surface area contributed by atoms with Crippen molar-refractivity contribution in [3.63, 3.8) is 0 Å².